The van der Waals surface area contributed by atoms with Gasteiger partial charge in [0, 0.05) is 18.2 Å². The van der Waals surface area contributed by atoms with E-state index in [2.05, 4.69) is 0 Å². The molecule has 0 radical (unpaired) electrons. The van der Waals surface area contributed by atoms with Crippen LogP contribution in [0.5, 0.6) is 0 Å². The molecule has 18 heavy (non-hydrogen) atoms. The minimum atomic E-state index is -2.94. The molecule has 0 amide bonds. The molecule has 0 unspecified atom stereocenters. The topological polar surface area (TPSA) is 68.2 Å². The van der Waals surface area contributed by atoms with E-state index in [4.69, 9.17) is 13.7 Å². The first-order chi connectivity index (χ1) is 8.52. The van der Waals surface area contributed by atoms with Gasteiger partial charge in [0.05, 0.1) is 30.7 Å². The molecular weight excluding hydrogens is 256 g/mol. The van der Waals surface area contributed by atoms with E-state index in [9.17, 15) is 9.11 Å². The quantitative estimate of drug-likeness (QED) is 0.863. The number of hydrogen-bond donors (Lipinski definition) is 2. The maximum Gasteiger partial charge on any atom is 0.197 e. The highest BCUT2D eigenvalue weighted by atomic mass is 32.3. The molecule has 1 heterocycles. The van der Waals surface area contributed by atoms with Crippen molar-refractivity contribution in [3.05, 3.63) is 35.9 Å². The second-order valence-corrected chi connectivity index (χ2v) is 5.91. The molecule has 2 N–H and O–H groups in total. The number of rotatable bonds is 5. The van der Waals surface area contributed by atoms with Crippen LogP contribution in [0.15, 0.2) is 30.3 Å². The Morgan fingerprint density at radius 2 is 1.83 bits per heavy atom. The van der Waals surface area contributed by atoms with Crippen molar-refractivity contribution in [2.75, 3.05) is 26.1 Å². The van der Waals surface area contributed by atoms with Gasteiger partial charge in [-0.05, 0) is 0 Å². The first-order valence-corrected chi connectivity index (χ1v) is 7.61. The van der Waals surface area contributed by atoms with Gasteiger partial charge in [0.1, 0.15) is 0 Å². The van der Waals surface area contributed by atoms with Crippen LogP contribution in [0, 0.1) is 0 Å². The third kappa shape index (κ3) is 3.44. The van der Waals surface area contributed by atoms with Crippen LogP contribution in [0.25, 0.3) is 0 Å². The largest absolute Gasteiger partial charge is 0.343 e. The van der Waals surface area contributed by atoms with Crippen LogP contribution in [0.1, 0.15) is 12.0 Å². The third-order valence-electron chi connectivity index (χ3n) is 2.71. The van der Waals surface area contributed by atoms with Gasteiger partial charge in [0.25, 0.3) is 0 Å². The highest BCUT2D eigenvalue weighted by molar-refractivity contribution is 8.19. The van der Waals surface area contributed by atoms with Gasteiger partial charge in [-0.3, -0.25) is 4.18 Å². The van der Waals surface area contributed by atoms with Crippen LogP contribution in [0.3, 0.4) is 0 Å². The van der Waals surface area contributed by atoms with Gasteiger partial charge in [-0.15, -0.1) is 0 Å². The first kappa shape index (κ1) is 13.8. The lowest BCUT2D eigenvalue weighted by molar-refractivity contribution is -0.174. The molecule has 1 aliphatic rings. The van der Waals surface area contributed by atoms with Crippen molar-refractivity contribution in [3.63, 3.8) is 0 Å². The normalized spacial score (nSPS) is 19.9. The average Bonchev–Trinajstić information content (AvgIpc) is 2.79. The minimum absolute atomic E-state index is 0.160. The van der Waals surface area contributed by atoms with Crippen molar-refractivity contribution in [3.8, 4) is 0 Å². The second-order valence-electron chi connectivity index (χ2n) is 4.15. The van der Waals surface area contributed by atoms with Crippen molar-refractivity contribution in [2.45, 2.75) is 12.2 Å². The maximum atomic E-state index is 9.18. The minimum Gasteiger partial charge on any atom is -0.343 e. The van der Waals surface area contributed by atoms with Crippen molar-refractivity contribution in [1.29, 1.82) is 0 Å². The molecule has 0 saturated carbocycles. The fraction of sp³-hybridized carbons (Fsp3) is 0.500. The van der Waals surface area contributed by atoms with E-state index in [1.807, 2.05) is 30.3 Å². The van der Waals surface area contributed by atoms with Crippen molar-refractivity contribution < 1.29 is 22.8 Å². The van der Waals surface area contributed by atoms with Crippen LogP contribution < -0.4 is 0 Å². The van der Waals surface area contributed by atoms with Gasteiger partial charge in [0.2, 0.25) is 0 Å². The van der Waals surface area contributed by atoms with Gasteiger partial charge in [-0.2, -0.15) is 0 Å². The van der Waals surface area contributed by atoms with E-state index in [0.29, 0.717) is 19.6 Å². The molecule has 102 valence electrons. The Balaban J connectivity index is 2.04. The molecule has 0 atom stereocenters. The average molecular weight is 274 g/mol. The summed E-state index contributed by atoms with van der Waals surface area (Å²) in [7, 11) is -2.94. The summed E-state index contributed by atoms with van der Waals surface area (Å²) in [6.07, 6.45) is 1.67. The summed E-state index contributed by atoms with van der Waals surface area (Å²) >= 11 is 0. The van der Waals surface area contributed by atoms with Crippen molar-refractivity contribution >= 4 is 10.9 Å². The molecule has 1 aliphatic heterocycles. The maximum absolute atomic E-state index is 9.18. The fourth-order valence-corrected chi connectivity index (χ4v) is 2.34. The van der Waals surface area contributed by atoms with E-state index >= 15 is 0 Å². The number of ether oxygens (including phenoxy) is 2. The zero-order valence-corrected chi connectivity index (χ0v) is 11.1. The third-order valence-corrected chi connectivity index (χ3v) is 3.32. The van der Waals surface area contributed by atoms with E-state index in [-0.39, 0.29) is 6.61 Å². The summed E-state index contributed by atoms with van der Waals surface area (Å²) in [6.45, 7) is 1.21. The first-order valence-electron chi connectivity index (χ1n) is 5.73. The monoisotopic (exact) mass is 274 g/mol. The molecule has 0 aromatic heterocycles. The summed E-state index contributed by atoms with van der Waals surface area (Å²) in [6, 6.07) is 9.60. The summed E-state index contributed by atoms with van der Waals surface area (Å²) < 4.78 is 34.7. The Kier molecular flexibility index (Phi) is 4.26. The van der Waals surface area contributed by atoms with Crippen molar-refractivity contribution in [1.82, 2.24) is 0 Å². The highest BCUT2D eigenvalue weighted by Crippen LogP contribution is 2.39. The Labute approximate surface area is 108 Å². The Morgan fingerprint density at radius 3 is 2.39 bits per heavy atom. The van der Waals surface area contributed by atoms with E-state index in [1.165, 1.54) is 6.26 Å². The molecule has 1 aromatic carbocycles. The molecule has 2 rings (SSSR count). The van der Waals surface area contributed by atoms with E-state index in [0.717, 1.165) is 5.56 Å². The molecule has 1 fully saturated rings. The fourth-order valence-electron chi connectivity index (χ4n) is 1.94. The van der Waals surface area contributed by atoms with Gasteiger partial charge in [0.15, 0.2) is 5.79 Å². The van der Waals surface area contributed by atoms with Crippen LogP contribution in [0.2, 0.25) is 0 Å². The molecule has 0 aliphatic carbocycles. The van der Waals surface area contributed by atoms with Gasteiger partial charge < -0.3 is 18.6 Å². The van der Waals surface area contributed by atoms with Crippen molar-refractivity contribution in [2.24, 2.45) is 0 Å². The Morgan fingerprint density at radius 1 is 1.22 bits per heavy atom. The molecule has 6 heteroatoms. The summed E-state index contributed by atoms with van der Waals surface area (Å²) in [5.74, 6) is -0.827. The highest BCUT2D eigenvalue weighted by Gasteiger charge is 2.38. The molecule has 0 spiro atoms. The molecular formula is C12H18O5S. The molecule has 1 saturated heterocycles. The number of benzene rings is 1. The Bertz CT molecular complexity index is 370. The molecule has 0 bridgehead atoms. The number of hydrogen-bond acceptors (Lipinski definition) is 5. The Hall–Kier alpha value is -0.630. The zero-order chi connectivity index (χ0) is 13.1. The predicted octanol–water partition coefficient (Wildman–Crippen LogP) is 2.59. The zero-order valence-electron chi connectivity index (χ0n) is 10.2. The molecule has 5 nitrogen and oxygen atoms in total. The summed E-state index contributed by atoms with van der Waals surface area (Å²) in [5.41, 5.74) is 0.915. The van der Waals surface area contributed by atoms with Crippen LogP contribution in [-0.2, 0) is 19.4 Å². The lowest BCUT2D eigenvalue weighted by Crippen LogP contribution is -2.29. The van der Waals surface area contributed by atoms with Gasteiger partial charge >= 0.3 is 0 Å². The van der Waals surface area contributed by atoms with Crippen LogP contribution in [0.4, 0.5) is 0 Å². The standard InChI is InChI=1S/C12H18O5S/c1-18(13,14)17-8-7-12(15-9-10-16-12)11-5-3-2-4-6-11/h2-6,13-14H,7-10H2,1H3. The van der Waals surface area contributed by atoms with Gasteiger partial charge in [-0.1, -0.05) is 30.3 Å². The second kappa shape index (κ2) is 5.56. The van der Waals surface area contributed by atoms with Gasteiger partial charge in [-0.25, -0.2) is 0 Å². The van der Waals surface area contributed by atoms with E-state index < -0.39 is 16.7 Å². The summed E-state index contributed by atoms with van der Waals surface area (Å²) in [4.78, 5) is 0. The smallest absolute Gasteiger partial charge is 0.197 e. The van der Waals surface area contributed by atoms with E-state index in [1.54, 1.807) is 0 Å². The lowest BCUT2D eigenvalue weighted by atomic mass is 10.0. The van der Waals surface area contributed by atoms with Crippen LogP contribution >= 0.6 is 10.9 Å². The predicted molar refractivity (Wildman–Crippen MR) is 69.4 cm³/mol. The van der Waals surface area contributed by atoms with Crippen LogP contribution in [-0.4, -0.2) is 35.2 Å². The summed E-state index contributed by atoms with van der Waals surface area (Å²) in [5, 5.41) is 0. The molecule has 1 aromatic rings. The SMILES string of the molecule is CS(O)(O)OCCC1(c2ccccc2)OCCO1. The lowest BCUT2D eigenvalue weighted by Gasteiger charge is -2.29.